The molecule has 0 unspecified atom stereocenters. The van der Waals surface area contributed by atoms with Gasteiger partial charge in [-0.25, -0.2) is 13.2 Å². The molecule has 0 bridgehead atoms. The van der Waals surface area contributed by atoms with Crippen molar-refractivity contribution in [2.45, 2.75) is 51.0 Å². The van der Waals surface area contributed by atoms with Crippen LogP contribution in [0, 0.1) is 0 Å². The lowest BCUT2D eigenvalue weighted by Gasteiger charge is -2.23. The quantitative estimate of drug-likeness (QED) is 0.869. The zero-order chi connectivity index (χ0) is 18.4. The Hall–Kier alpha value is -1.60. The third-order valence-corrected chi connectivity index (χ3v) is 6.17. The molecular formula is C18H29N3O3S. The monoisotopic (exact) mass is 367 g/mol. The van der Waals surface area contributed by atoms with Gasteiger partial charge in [0, 0.05) is 32.2 Å². The second-order valence-corrected chi connectivity index (χ2v) is 8.68. The van der Waals surface area contributed by atoms with Crippen molar-refractivity contribution in [3.8, 4) is 0 Å². The summed E-state index contributed by atoms with van der Waals surface area (Å²) in [6.07, 6.45) is 2.62. The van der Waals surface area contributed by atoms with E-state index in [1.807, 2.05) is 26.0 Å². The second-order valence-electron chi connectivity index (χ2n) is 6.74. The van der Waals surface area contributed by atoms with Gasteiger partial charge in [-0.15, -0.1) is 0 Å². The molecule has 1 N–H and O–H groups in total. The van der Waals surface area contributed by atoms with Crippen LogP contribution in [0.3, 0.4) is 0 Å². The predicted molar refractivity (Wildman–Crippen MR) is 99.1 cm³/mol. The van der Waals surface area contributed by atoms with Crippen molar-refractivity contribution in [2.24, 2.45) is 0 Å². The van der Waals surface area contributed by atoms with E-state index in [0.29, 0.717) is 37.5 Å². The van der Waals surface area contributed by atoms with Gasteiger partial charge in [0.05, 0.1) is 4.90 Å². The Bertz CT molecular complexity index is 671. The second kappa shape index (κ2) is 8.67. The van der Waals surface area contributed by atoms with E-state index in [4.69, 9.17) is 0 Å². The Balaban J connectivity index is 2.06. The lowest BCUT2D eigenvalue weighted by Crippen LogP contribution is -2.44. The van der Waals surface area contributed by atoms with E-state index in [0.717, 1.165) is 18.4 Å². The summed E-state index contributed by atoms with van der Waals surface area (Å²) in [6.45, 7) is 7.66. The SMILES string of the molecule is CCCc1ccc(S(=O)(=O)N2CCCN(C(=O)NC(C)C)CC2)cc1. The van der Waals surface area contributed by atoms with Gasteiger partial charge in [-0.1, -0.05) is 25.5 Å². The molecule has 2 amide bonds. The van der Waals surface area contributed by atoms with Crippen molar-refractivity contribution >= 4 is 16.1 Å². The van der Waals surface area contributed by atoms with Crippen LogP contribution in [-0.2, 0) is 16.4 Å². The average molecular weight is 368 g/mol. The molecule has 1 saturated heterocycles. The highest BCUT2D eigenvalue weighted by molar-refractivity contribution is 7.89. The van der Waals surface area contributed by atoms with Gasteiger partial charge in [-0.3, -0.25) is 0 Å². The molecule has 1 fully saturated rings. The van der Waals surface area contributed by atoms with Crippen molar-refractivity contribution in [3.63, 3.8) is 0 Å². The Morgan fingerprint density at radius 2 is 1.80 bits per heavy atom. The van der Waals surface area contributed by atoms with Crippen molar-refractivity contribution < 1.29 is 13.2 Å². The number of amides is 2. The maximum atomic E-state index is 12.9. The maximum Gasteiger partial charge on any atom is 0.317 e. The van der Waals surface area contributed by atoms with E-state index in [9.17, 15) is 13.2 Å². The van der Waals surface area contributed by atoms with Crippen molar-refractivity contribution in [1.82, 2.24) is 14.5 Å². The molecule has 25 heavy (non-hydrogen) atoms. The Morgan fingerprint density at radius 3 is 2.40 bits per heavy atom. The van der Waals surface area contributed by atoms with E-state index in [1.54, 1.807) is 17.0 Å². The Morgan fingerprint density at radius 1 is 1.12 bits per heavy atom. The molecular weight excluding hydrogens is 338 g/mol. The number of hydrogen-bond acceptors (Lipinski definition) is 3. The smallest absolute Gasteiger partial charge is 0.317 e. The predicted octanol–water partition coefficient (Wildman–Crippen LogP) is 2.45. The summed E-state index contributed by atoms with van der Waals surface area (Å²) in [7, 11) is -3.51. The standard InChI is InChI=1S/C18H29N3O3S/c1-4-6-16-7-9-17(10-8-16)25(23,24)21-12-5-11-20(13-14-21)18(22)19-15(2)3/h7-10,15H,4-6,11-14H2,1-3H3,(H,19,22). The van der Waals surface area contributed by atoms with Crippen LogP contribution in [0.15, 0.2) is 29.2 Å². The van der Waals surface area contributed by atoms with E-state index in [2.05, 4.69) is 12.2 Å². The van der Waals surface area contributed by atoms with Gasteiger partial charge in [-0.2, -0.15) is 4.31 Å². The molecule has 1 aliphatic rings. The third kappa shape index (κ3) is 5.19. The first-order valence-electron chi connectivity index (χ1n) is 8.99. The molecule has 1 aromatic rings. The zero-order valence-electron chi connectivity index (χ0n) is 15.4. The minimum absolute atomic E-state index is 0.0669. The number of aryl methyl sites for hydroxylation is 1. The summed E-state index contributed by atoms with van der Waals surface area (Å²) in [5.41, 5.74) is 1.15. The fraction of sp³-hybridized carbons (Fsp3) is 0.611. The number of carbonyl (C=O) groups excluding carboxylic acids is 1. The molecule has 7 heteroatoms. The minimum atomic E-state index is -3.51. The van der Waals surface area contributed by atoms with E-state index in [1.165, 1.54) is 4.31 Å². The van der Waals surface area contributed by atoms with Gasteiger partial charge in [0.15, 0.2) is 0 Å². The highest BCUT2D eigenvalue weighted by atomic mass is 32.2. The molecule has 0 aromatic heterocycles. The first kappa shape index (κ1) is 19.7. The lowest BCUT2D eigenvalue weighted by atomic mass is 10.1. The number of carbonyl (C=O) groups is 1. The molecule has 0 aliphatic carbocycles. The van der Waals surface area contributed by atoms with Gasteiger partial charge in [0.25, 0.3) is 0 Å². The minimum Gasteiger partial charge on any atom is -0.336 e. The number of sulfonamides is 1. The molecule has 2 rings (SSSR count). The van der Waals surface area contributed by atoms with Crippen LogP contribution in [0.25, 0.3) is 0 Å². The van der Waals surface area contributed by atoms with Crippen LogP contribution in [0.5, 0.6) is 0 Å². The van der Waals surface area contributed by atoms with E-state index in [-0.39, 0.29) is 12.1 Å². The highest BCUT2D eigenvalue weighted by Crippen LogP contribution is 2.19. The van der Waals surface area contributed by atoms with Gasteiger partial charge in [0.2, 0.25) is 10.0 Å². The first-order chi connectivity index (χ1) is 11.8. The summed E-state index contributed by atoms with van der Waals surface area (Å²) < 4.78 is 27.2. The van der Waals surface area contributed by atoms with E-state index >= 15 is 0 Å². The summed E-state index contributed by atoms with van der Waals surface area (Å²) in [5, 5.41) is 2.86. The van der Waals surface area contributed by atoms with Crippen molar-refractivity contribution in [2.75, 3.05) is 26.2 Å². The summed E-state index contributed by atoms with van der Waals surface area (Å²) >= 11 is 0. The van der Waals surface area contributed by atoms with Crippen LogP contribution < -0.4 is 5.32 Å². The fourth-order valence-corrected chi connectivity index (χ4v) is 4.41. The van der Waals surface area contributed by atoms with Crippen LogP contribution in [0.4, 0.5) is 4.79 Å². The molecule has 1 aromatic carbocycles. The largest absolute Gasteiger partial charge is 0.336 e. The average Bonchev–Trinajstić information content (AvgIpc) is 2.81. The third-order valence-electron chi connectivity index (χ3n) is 4.25. The normalized spacial score (nSPS) is 16.7. The molecule has 1 aliphatic heterocycles. The number of benzene rings is 1. The van der Waals surface area contributed by atoms with E-state index < -0.39 is 10.0 Å². The summed E-state index contributed by atoms with van der Waals surface area (Å²) in [6, 6.07) is 7.09. The summed E-state index contributed by atoms with van der Waals surface area (Å²) in [4.78, 5) is 14.2. The topological polar surface area (TPSA) is 69.7 Å². The Labute approximate surface area is 151 Å². The molecule has 6 nitrogen and oxygen atoms in total. The van der Waals surface area contributed by atoms with Gasteiger partial charge >= 0.3 is 6.03 Å². The van der Waals surface area contributed by atoms with Crippen LogP contribution in [-0.4, -0.2) is 55.9 Å². The molecule has 0 atom stereocenters. The zero-order valence-corrected chi connectivity index (χ0v) is 16.2. The molecule has 0 radical (unpaired) electrons. The first-order valence-corrected chi connectivity index (χ1v) is 10.4. The molecule has 1 heterocycles. The number of urea groups is 1. The van der Waals surface area contributed by atoms with Crippen LogP contribution >= 0.6 is 0 Å². The van der Waals surface area contributed by atoms with Crippen molar-refractivity contribution in [1.29, 1.82) is 0 Å². The van der Waals surface area contributed by atoms with Gasteiger partial charge in [0.1, 0.15) is 0 Å². The van der Waals surface area contributed by atoms with Gasteiger partial charge < -0.3 is 10.2 Å². The number of hydrogen-bond donors (Lipinski definition) is 1. The molecule has 140 valence electrons. The number of rotatable bonds is 5. The van der Waals surface area contributed by atoms with Crippen LogP contribution in [0.2, 0.25) is 0 Å². The maximum absolute atomic E-state index is 12.9. The Kier molecular flexibility index (Phi) is 6.84. The van der Waals surface area contributed by atoms with Crippen molar-refractivity contribution in [3.05, 3.63) is 29.8 Å². The fourth-order valence-electron chi connectivity index (χ4n) is 2.94. The lowest BCUT2D eigenvalue weighted by molar-refractivity contribution is 0.198. The molecule has 0 spiro atoms. The number of nitrogens with zero attached hydrogens (tertiary/aromatic N) is 2. The van der Waals surface area contributed by atoms with Gasteiger partial charge in [-0.05, 0) is 44.4 Å². The van der Waals surface area contributed by atoms with Crippen LogP contribution in [0.1, 0.15) is 39.2 Å². The number of nitrogens with one attached hydrogen (secondary N) is 1. The highest BCUT2D eigenvalue weighted by Gasteiger charge is 2.28. The molecule has 0 saturated carbocycles. The summed E-state index contributed by atoms with van der Waals surface area (Å²) in [5.74, 6) is 0.